The molecule has 0 atom stereocenters. The summed E-state index contributed by atoms with van der Waals surface area (Å²) in [6, 6.07) is 3.53. The second-order valence-corrected chi connectivity index (χ2v) is 6.09. The average Bonchev–Trinajstić information content (AvgIpc) is 2.59. The summed E-state index contributed by atoms with van der Waals surface area (Å²) in [6.07, 6.45) is -4.06. The number of anilines is 3. The van der Waals surface area contributed by atoms with Gasteiger partial charge in [-0.05, 0) is 39.2 Å². The summed E-state index contributed by atoms with van der Waals surface area (Å²) < 4.78 is 52.8. The first-order valence-electron chi connectivity index (χ1n) is 8.12. The molecule has 2 aromatic rings. The predicted octanol–water partition coefficient (Wildman–Crippen LogP) is 3.65. The molecule has 0 aliphatic rings. The van der Waals surface area contributed by atoms with Crippen molar-refractivity contribution in [1.82, 2.24) is 14.9 Å². The van der Waals surface area contributed by atoms with Gasteiger partial charge in [0.25, 0.3) is 0 Å². The fourth-order valence-corrected chi connectivity index (χ4v) is 2.21. The number of benzene rings is 1. The molecule has 12 heteroatoms. The fraction of sp³-hybridized carbons (Fsp3) is 0.375. The molecule has 0 bridgehead atoms. The van der Waals surface area contributed by atoms with E-state index in [1.54, 1.807) is 0 Å². The first-order valence-corrected chi connectivity index (χ1v) is 8.12. The van der Waals surface area contributed by atoms with Crippen LogP contribution in [0.2, 0.25) is 0 Å². The first kappa shape index (κ1) is 21.3. The minimum absolute atomic E-state index is 0.0125. The van der Waals surface area contributed by atoms with Crippen molar-refractivity contribution < 1.29 is 22.5 Å². The van der Waals surface area contributed by atoms with Crippen molar-refractivity contribution >= 4 is 23.1 Å². The van der Waals surface area contributed by atoms with E-state index in [4.69, 9.17) is 0 Å². The summed E-state index contributed by atoms with van der Waals surface area (Å²) in [5.41, 5.74) is -1.98. The topological polar surface area (TPSA) is 96.2 Å². The largest absolute Gasteiger partial charge is 0.433 e. The van der Waals surface area contributed by atoms with Crippen LogP contribution >= 0.6 is 0 Å². The van der Waals surface area contributed by atoms with E-state index in [9.17, 15) is 27.7 Å². The molecule has 2 rings (SSSR count). The average molecular weight is 402 g/mol. The second kappa shape index (κ2) is 8.78. The number of hydrogen-bond acceptors (Lipinski definition) is 7. The van der Waals surface area contributed by atoms with Gasteiger partial charge in [-0.2, -0.15) is 22.5 Å². The van der Waals surface area contributed by atoms with Gasteiger partial charge < -0.3 is 15.5 Å². The number of nitrogens with zero attached hydrogens (tertiary/aromatic N) is 4. The van der Waals surface area contributed by atoms with Gasteiger partial charge in [-0.25, -0.2) is 4.98 Å². The smallest absolute Gasteiger partial charge is 0.354 e. The van der Waals surface area contributed by atoms with Crippen molar-refractivity contribution in [3.05, 3.63) is 45.9 Å². The van der Waals surface area contributed by atoms with Gasteiger partial charge in [-0.3, -0.25) is 10.1 Å². The van der Waals surface area contributed by atoms with Crippen LogP contribution in [0, 0.1) is 15.9 Å². The highest BCUT2D eigenvalue weighted by atomic mass is 19.4. The number of nitro groups is 1. The maximum absolute atomic E-state index is 13.4. The van der Waals surface area contributed by atoms with Crippen LogP contribution in [0.15, 0.2) is 24.3 Å². The van der Waals surface area contributed by atoms with Gasteiger partial charge in [-0.15, -0.1) is 0 Å². The molecule has 2 N–H and O–H groups in total. The van der Waals surface area contributed by atoms with Crippen molar-refractivity contribution in [2.45, 2.75) is 12.6 Å². The van der Waals surface area contributed by atoms with Crippen LogP contribution in [0.5, 0.6) is 0 Å². The zero-order valence-electron chi connectivity index (χ0n) is 15.0. The summed E-state index contributed by atoms with van der Waals surface area (Å²) in [7, 11) is 3.73. The third kappa shape index (κ3) is 6.01. The molecule has 0 radical (unpaired) electrons. The standard InChI is InChI=1S/C16H18F4N6O2/c1-25(2)7-3-6-21-15-23-13(16(18,19)20)9-14(24-15)22-10-4-5-11(17)12(8-10)26(27)28/h4-5,8-9H,3,6-7H2,1-2H3,(H2,21,22,23,24). The molecule has 0 fully saturated rings. The lowest BCUT2D eigenvalue weighted by molar-refractivity contribution is -0.387. The molecule has 28 heavy (non-hydrogen) atoms. The lowest BCUT2D eigenvalue weighted by Gasteiger charge is -2.13. The minimum Gasteiger partial charge on any atom is -0.354 e. The lowest BCUT2D eigenvalue weighted by atomic mass is 10.2. The van der Waals surface area contributed by atoms with E-state index in [0.717, 1.165) is 24.7 Å². The molecule has 8 nitrogen and oxygen atoms in total. The predicted molar refractivity (Wildman–Crippen MR) is 95.0 cm³/mol. The van der Waals surface area contributed by atoms with Crippen LogP contribution in [0.4, 0.5) is 40.7 Å². The maximum atomic E-state index is 13.4. The molecule has 1 aromatic carbocycles. The Kier molecular flexibility index (Phi) is 6.67. The second-order valence-electron chi connectivity index (χ2n) is 6.09. The third-order valence-electron chi connectivity index (χ3n) is 3.50. The number of hydrogen-bond donors (Lipinski definition) is 2. The maximum Gasteiger partial charge on any atom is 0.433 e. The fourth-order valence-electron chi connectivity index (χ4n) is 2.21. The van der Waals surface area contributed by atoms with Gasteiger partial charge in [0.2, 0.25) is 11.8 Å². The third-order valence-corrected chi connectivity index (χ3v) is 3.50. The van der Waals surface area contributed by atoms with Crippen molar-refractivity contribution in [3.63, 3.8) is 0 Å². The molecule has 0 saturated carbocycles. The Morgan fingerprint density at radius 2 is 1.93 bits per heavy atom. The number of halogens is 4. The van der Waals surface area contributed by atoms with E-state index in [2.05, 4.69) is 20.6 Å². The molecule has 0 spiro atoms. The van der Waals surface area contributed by atoms with E-state index in [0.29, 0.717) is 19.0 Å². The number of nitrogens with one attached hydrogen (secondary N) is 2. The zero-order chi connectivity index (χ0) is 20.9. The number of alkyl halides is 3. The van der Waals surface area contributed by atoms with Crippen LogP contribution in [0.25, 0.3) is 0 Å². The van der Waals surface area contributed by atoms with Gasteiger partial charge in [0.1, 0.15) is 5.82 Å². The lowest BCUT2D eigenvalue weighted by Crippen LogP contribution is -2.18. The van der Waals surface area contributed by atoms with Gasteiger partial charge in [0, 0.05) is 24.4 Å². The molecular formula is C16H18F4N6O2. The van der Waals surface area contributed by atoms with Crippen molar-refractivity contribution in [2.75, 3.05) is 37.8 Å². The van der Waals surface area contributed by atoms with E-state index < -0.39 is 28.3 Å². The van der Waals surface area contributed by atoms with E-state index in [1.807, 2.05) is 19.0 Å². The van der Waals surface area contributed by atoms with Crippen LogP contribution in [-0.4, -0.2) is 47.0 Å². The molecule has 0 aliphatic heterocycles. The Labute approximate surface area is 157 Å². The number of aromatic nitrogens is 2. The number of rotatable bonds is 8. The molecule has 1 aromatic heterocycles. The summed E-state index contributed by atoms with van der Waals surface area (Å²) in [5.74, 6) is -1.54. The number of nitro benzene ring substituents is 1. The van der Waals surface area contributed by atoms with E-state index in [1.165, 1.54) is 0 Å². The van der Waals surface area contributed by atoms with Crippen molar-refractivity contribution in [1.29, 1.82) is 0 Å². The van der Waals surface area contributed by atoms with Crippen LogP contribution in [0.3, 0.4) is 0 Å². The van der Waals surface area contributed by atoms with Gasteiger partial charge in [0.15, 0.2) is 5.69 Å². The summed E-state index contributed by atoms with van der Waals surface area (Å²) in [5, 5.41) is 16.0. The Hall–Kier alpha value is -3.02. The molecule has 0 unspecified atom stereocenters. The normalized spacial score (nSPS) is 11.5. The molecule has 0 amide bonds. The highest BCUT2D eigenvalue weighted by molar-refractivity contribution is 5.61. The van der Waals surface area contributed by atoms with Crippen LogP contribution in [0.1, 0.15) is 12.1 Å². The van der Waals surface area contributed by atoms with Gasteiger partial charge >= 0.3 is 11.9 Å². The van der Waals surface area contributed by atoms with E-state index >= 15 is 0 Å². The summed E-state index contributed by atoms with van der Waals surface area (Å²) >= 11 is 0. The SMILES string of the molecule is CN(C)CCCNc1nc(Nc2ccc(F)c([N+](=O)[O-])c2)cc(C(F)(F)F)n1. The van der Waals surface area contributed by atoms with Crippen molar-refractivity contribution in [2.24, 2.45) is 0 Å². The highest BCUT2D eigenvalue weighted by Gasteiger charge is 2.33. The van der Waals surface area contributed by atoms with Crippen LogP contribution in [-0.2, 0) is 6.18 Å². The Bertz CT molecular complexity index is 844. The zero-order valence-corrected chi connectivity index (χ0v) is 15.0. The Morgan fingerprint density at radius 1 is 1.21 bits per heavy atom. The van der Waals surface area contributed by atoms with Gasteiger partial charge in [-0.1, -0.05) is 0 Å². The summed E-state index contributed by atoms with van der Waals surface area (Å²) in [4.78, 5) is 19.2. The molecule has 152 valence electrons. The van der Waals surface area contributed by atoms with Crippen molar-refractivity contribution in [3.8, 4) is 0 Å². The van der Waals surface area contributed by atoms with E-state index in [-0.39, 0.29) is 17.5 Å². The molecule has 1 heterocycles. The minimum atomic E-state index is -4.71. The molecular weight excluding hydrogens is 384 g/mol. The van der Waals surface area contributed by atoms with Crippen LogP contribution < -0.4 is 10.6 Å². The summed E-state index contributed by atoms with van der Waals surface area (Å²) in [6.45, 7) is 1.07. The molecule has 0 aliphatic carbocycles. The quantitative estimate of drug-likeness (QED) is 0.301. The highest BCUT2D eigenvalue weighted by Crippen LogP contribution is 2.31. The molecule has 0 saturated heterocycles. The van der Waals surface area contributed by atoms with Gasteiger partial charge in [0.05, 0.1) is 4.92 Å². The first-order chi connectivity index (χ1) is 13.1. The Morgan fingerprint density at radius 3 is 2.54 bits per heavy atom. The Balaban J connectivity index is 2.26. The monoisotopic (exact) mass is 402 g/mol.